The highest BCUT2D eigenvalue weighted by Crippen LogP contribution is 2.15. The van der Waals surface area contributed by atoms with Crippen LogP contribution < -0.4 is 5.73 Å². The van der Waals surface area contributed by atoms with E-state index in [1.807, 2.05) is 12.1 Å². The van der Waals surface area contributed by atoms with E-state index >= 15 is 0 Å². The van der Waals surface area contributed by atoms with Crippen molar-refractivity contribution in [2.45, 2.75) is 65.6 Å². The highest BCUT2D eigenvalue weighted by molar-refractivity contribution is 7.80. The average molecular weight is 293 g/mol. The molecule has 20 heavy (non-hydrogen) atoms. The van der Waals surface area contributed by atoms with Crippen LogP contribution in [0.2, 0.25) is 0 Å². The molecule has 0 aliphatic heterocycles. The zero-order valence-corrected chi connectivity index (χ0v) is 13.8. The van der Waals surface area contributed by atoms with E-state index in [-0.39, 0.29) is 0 Å². The Labute approximate surface area is 128 Å². The first kappa shape index (κ1) is 17.1. The van der Waals surface area contributed by atoms with E-state index in [4.69, 9.17) is 22.7 Å². The maximum atomic E-state index is 5.93. The molecule has 1 rings (SSSR count). The summed E-state index contributed by atoms with van der Waals surface area (Å²) in [5.74, 6) is 0. The lowest BCUT2D eigenvalue weighted by atomic mass is 10.1. The molecular weight excluding hydrogens is 266 g/mol. The van der Waals surface area contributed by atoms with E-state index in [9.17, 15) is 0 Å². The second-order valence-electron chi connectivity index (χ2n) is 5.48. The molecule has 2 nitrogen and oxygen atoms in total. The van der Waals surface area contributed by atoms with Crippen LogP contribution >= 0.6 is 12.2 Å². The van der Waals surface area contributed by atoms with Crippen molar-refractivity contribution in [2.75, 3.05) is 0 Å². The van der Waals surface area contributed by atoms with Crippen LogP contribution in [0.1, 0.15) is 62.6 Å². The van der Waals surface area contributed by atoms with Gasteiger partial charge in [0.25, 0.3) is 0 Å². The third-order valence-corrected chi connectivity index (χ3v) is 3.85. The van der Waals surface area contributed by atoms with Crippen molar-refractivity contribution >= 4 is 17.2 Å². The van der Waals surface area contributed by atoms with Crippen molar-refractivity contribution in [2.24, 2.45) is 5.73 Å². The molecule has 0 amide bonds. The number of thiocarbonyl (C=S) groups is 1. The molecule has 0 saturated carbocycles. The molecule has 1 atom stereocenters. The van der Waals surface area contributed by atoms with Crippen LogP contribution in [-0.4, -0.2) is 11.1 Å². The van der Waals surface area contributed by atoms with Crippen molar-refractivity contribution in [3.8, 4) is 0 Å². The Bertz CT molecular complexity index is 431. The second-order valence-corrected chi connectivity index (χ2v) is 5.92. The van der Waals surface area contributed by atoms with Gasteiger partial charge in [0.15, 0.2) is 0 Å². The Kier molecular flexibility index (Phi) is 7.78. The van der Waals surface area contributed by atoms with Crippen molar-refractivity contribution in [1.29, 1.82) is 0 Å². The molecule has 0 bridgehead atoms. The Balaban J connectivity index is 2.39. The van der Waals surface area contributed by atoms with Crippen molar-refractivity contribution < 1.29 is 4.74 Å². The number of ether oxygens (including phenoxy) is 1. The zero-order valence-electron chi connectivity index (χ0n) is 12.9. The van der Waals surface area contributed by atoms with Gasteiger partial charge >= 0.3 is 0 Å². The summed E-state index contributed by atoms with van der Waals surface area (Å²) in [6.45, 7) is 7.13. The Morgan fingerprint density at radius 2 is 2.05 bits per heavy atom. The fourth-order valence-corrected chi connectivity index (χ4v) is 2.31. The quantitative estimate of drug-likeness (QED) is 0.537. The second kappa shape index (κ2) is 9.09. The summed E-state index contributed by atoms with van der Waals surface area (Å²) < 4.78 is 5.93. The predicted octanol–water partition coefficient (Wildman–Crippen LogP) is 4.50. The van der Waals surface area contributed by atoms with Crippen LogP contribution in [0.25, 0.3) is 0 Å². The minimum absolute atomic E-state index is 0.321. The number of rotatable bonds is 9. The first-order chi connectivity index (χ1) is 9.54. The van der Waals surface area contributed by atoms with Crippen LogP contribution in [0.5, 0.6) is 0 Å². The lowest BCUT2D eigenvalue weighted by Crippen LogP contribution is -2.11. The molecule has 1 aromatic rings. The number of benzene rings is 1. The summed E-state index contributed by atoms with van der Waals surface area (Å²) in [6.07, 6.45) is 6.64. The molecule has 2 N–H and O–H groups in total. The largest absolute Gasteiger partial charge is 0.389 e. The SMILES string of the molecule is CCCCCCC(C)OCc1ccc(C(N)=S)cc1C. The van der Waals surface area contributed by atoms with E-state index in [1.54, 1.807) is 0 Å². The average Bonchev–Trinajstić information content (AvgIpc) is 2.42. The zero-order chi connectivity index (χ0) is 15.0. The number of hydrogen-bond acceptors (Lipinski definition) is 2. The van der Waals surface area contributed by atoms with Crippen molar-refractivity contribution in [1.82, 2.24) is 0 Å². The number of unbranched alkanes of at least 4 members (excludes halogenated alkanes) is 3. The molecule has 0 saturated heterocycles. The standard InChI is InChI=1S/C17H27NOS/c1-4-5-6-7-8-14(3)19-12-16-10-9-15(17(18)20)11-13(16)2/h9-11,14H,4-8,12H2,1-3H3,(H2,18,20). The van der Waals surface area contributed by atoms with Gasteiger partial charge in [0.1, 0.15) is 4.99 Å². The van der Waals surface area contributed by atoms with Gasteiger partial charge in [-0.25, -0.2) is 0 Å². The van der Waals surface area contributed by atoms with E-state index in [0.29, 0.717) is 17.7 Å². The fourth-order valence-electron chi connectivity index (χ4n) is 2.19. The molecule has 0 fully saturated rings. The lowest BCUT2D eigenvalue weighted by Gasteiger charge is -2.14. The van der Waals surface area contributed by atoms with Crippen LogP contribution in [0.3, 0.4) is 0 Å². The molecule has 0 spiro atoms. The Morgan fingerprint density at radius 1 is 1.30 bits per heavy atom. The van der Waals surface area contributed by atoms with Crippen molar-refractivity contribution in [3.63, 3.8) is 0 Å². The smallest absolute Gasteiger partial charge is 0.103 e. The van der Waals surface area contributed by atoms with E-state index in [0.717, 1.165) is 12.0 Å². The van der Waals surface area contributed by atoms with Gasteiger partial charge < -0.3 is 10.5 Å². The summed E-state index contributed by atoms with van der Waals surface area (Å²) in [5.41, 5.74) is 8.96. The Morgan fingerprint density at radius 3 is 2.65 bits per heavy atom. The third kappa shape index (κ3) is 6.02. The summed E-state index contributed by atoms with van der Waals surface area (Å²) in [4.78, 5) is 0.449. The monoisotopic (exact) mass is 293 g/mol. The molecule has 0 aliphatic carbocycles. The van der Waals surface area contributed by atoms with Gasteiger partial charge in [0.2, 0.25) is 0 Å². The molecule has 1 aromatic carbocycles. The number of nitrogens with two attached hydrogens (primary N) is 1. The van der Waals surface area contributed by atoms with Gasteiger partial charge in [-0.15, -0.1) is 0 Å². The molecule has 3 heteroatoms. The first-order valence-corrected chi connectivity index (χ1v) is 7.96. The first-order valence-electron chi connectivity index (χ1n) is 7.55. The highest BCUT2D eigenvalue weighted by Gasteiger charge is 2.06. The molecule has 0 aromatic heterocycles. The highest BCUT2D eigenvalue weighted by atomic mass is 32.1. The van der Waals surface area contributed by atoms with Gasteiger partial charge in [0.05, 0.1) is 12.7 Å². The third-order valence-electron chi connectivity index (χ3n) is 3.61. The number of hydrogen-bond donors (Lipinski definition) is 1. The van der Waals surface area contributed by atoms with Crippen LogP contribution in [-0.2, 0) is 11.3 Å². The van der Waals surface area contributed by atoms with Gasteiger partial charge in [-0.3, -0.25) is 0 Å². The number of aryl methyl sites for hydroxylation is 1. The van der Waals surface area contributed by atoms with Crippen molar-refractivity contribution in [3.05, 3.63) is 34.9 Å². The van der Waals surface area contributed by atoms with E-state index < -0.39 is 0 Å². The van der Waals surface area contributed by atoms with Crippen LogP contribution in [0, 0.1) is 6.92 Å². The molecule has 112 valence electrons. The maximum Gasteiger partial charge on any atom is 0.103 e. The maximum absolute atomic E-state index is 5.93. The van der Waals surface area contributed by atoms with E-state index in [1.165, 1.54) is 36.8 Å². The fraction of sp³-hybridized carbons (Fsp3) is 0.588. The molecular formula is C17H27NOS. The summed E-state index contributed by atoms with van der Waals surface area (Å²) in [6, 6.07) is 6.07. The predicted molar refractivity (Wildman–Crippen MR) is 90.1 cm³/mol. The van der Waals surface area contributed by atoms with Crippen LogP contribution in [0.15, 0.2) is 18.2 Å². The minimum Gasteiger partial charge on any atom is -0.389 e. The molecule has 0 radical (unpaired) electrons. The lowest BCUT2D eigenvalue weighted by molar-refractivity contribution is 0.0456. The topological polar surface area (TPSA) is 35.2 Å². The summed E-state index contributed by atoms with van der Waals surface area (Å²) in [5, 5.41) is 0. The summed E-state index contributed by atoms with van der Waals surface area (Å²) >= 11 is 4.99. The van der Waals surface area contributed by atoms with Gasteiger partial charge in [-0.05, 0) is 37.5 Å². The van der Waals surface area contributed by atoms with Gasteiger partial charge in [-0.2, -0.15) is 0 Å². The van der Waals surface area contributed by atoms with Gasteiger partial charge in [0, 0.05) is 5.56 Å². The normalized spacial score (nSPS) is 12.3. The molecule has 0 aliphatic rings. The van der Waals surface area contributed by atoms with Gasteiger partial charge in [-0.1, -0.05) is 57.0 Å². The summed E-state index contributed by atoms with van der Waals surface area (Å²) in [7, 11) is 0. The van der Waals surface area contributed by atoms with Crippen LogP contribution in [0.4, 0.5) is 0 Å². The Hall–Kier alpha value is -0.930. The molecule has 1 unspecified atom stereocenters. The van der Waals surface area contributed by atoms with E-state index in [2.05, 4.69) is 26.8 Å². The minimum atomic E-state index is 0.321. The molecule has 0 heterocycles.